The molecule has 0 bridgehead atoms. The van der Waals surface area contributed by atoms with Crippen LogP contribution in [0, 0.1) is 17.7 Å². The summed E-state index contributed by atoms with van der Waals surface area (Å²) in [5.41, 5.74) is 1.87. The van der Waals surface area contributed by atoms with Gasteiger partial charge in [0.05, 0.1) is 35.1 Å². The van der Waals surface area contributed by atoms with Crippen LogP contribution in [-0.2, 0) is 4.74 Å². The highest BCUT2D eigenvalue weighted by Crippen LogP contribution is 2.27. The van der Waals surface area contributed by atoms with Gasteiger partial charge in [0.2, 0.25) is 5.43 Å². The predicted molar refractivity (Wildman–Crippen MR) is 139 cm³/mol. The molecule has 8 heteroatoms. The largest absolute Gasteiger partial charge is 0.442 e. The molecule has 3 aromatic rings. The molecule has 1 saturated heterocycles. The van der Waals surface area contributed by atoms with Crippen molar-refractivity contribution in [2.75, 3.05) is 23.3 Å². The first-order valence-electron chi connectivity index (χ1n) is 10.9. The fraction of sp³-hybridized carbons (Fsp3) is 0.148. The molecule has 1 fully saturated rings. The second-order valence-corrected chi connectivity index (χ2v) is 8.47. The molecule has 1 heterocycles. The van der Waals surface area contributed by atoms with E-state index in [2.05, 4.69) is 22.5 Å². The number of amides is 1. The van der Waals surface area contributed by atoms with Crippen molar-refractivity contribution in [3.05, 3.63) is 100.0 Å². The first-order chi connectivity index (χ1) is 16.9. The van der Waals surface area contributed by atoms with Gasteiger partial charge in [0.15, 0.2) is 0 Å². The van der Waals surface area contributed by atoms with Crippen molar-refractivity contribution >= 4 is 40.4 Å². The van der Waals surface area contributed by atoms with Gasteiger partial charge in [-0.3, -0.25) is 9.69 Å². The van der Waals surface area contributed by atoms with Gasteiger partial charge in [-0.25, -0.2) is 9.18 Å². The summed E-state index contributed by atoms with van der Waals surface area (Å²) in [5, 5.41) is 5.80. The summed E-state index contributed by atoms with van der Waals surface area (Å²) >= 11 is 4.97. The molecule has 1 amide bonds. The van der Waals surface area contributed by atoms with Gasteiger partial charge in [-0.15, -0.1) is 0 Å². The Bertz CT molecular complexity index is 1390. The second kappa shape index (κ2) is 10.8. The Kier molecular flexibility index (Phi) is 7.38. The quantitative estimate of drug-likeness (QED) is 0.405. The van der Waals surface area contributed by atoms with E-state index in [4.69, 9.17) is 17.0 Å². The third kappa shape index (κ3) is 6.22. The molecule has 4 rings (SSSR count). The zero-order valence-corrected chi connectivity index (χ0v) is 19.7. The molecule has 0 aliphatic carbocycles. The molecule has 35 heavy (non-hydrogen) atoms. The molecule has 0 spiro atoms. The summed E-state index contributed by atoms with van der Waals surface area (Å²) in [4.78, 5) is 26.7. The lowest BCUT2D eigenvalue weighted by molar-refractivity contribution is 0.143. The molecule has 1 aliphatic rings. The van der Waals surface area contributed by atoms with Crippen molar-refractivity contribution in [2.45, 2.75) is 13.0 Å². The van der Waals surface area contributed by atoms with Crippen LogP contribution < -0.4 is 21.0 Å². The van der Waals surface area contributed by atoms with Crippen LogP contribution in [0.15, 0.2) is 77.6 Å². The fourth-order valence-electron chi connectivity index (χ4n) is 3.43. The van der Waals surface area contributed by atoms with E-state index in [0.717, 1.165) is 5.56 Å². The molecule has 0 radical (unpaired) electrons. The number of hydrogen-bond acceptors (Lipinski definition) is 5. The molecule has 2 N–H and O–H groups in total. The van der Waals surface area contributed by atoms with E-state index >= 15 is 0 Å². The number of carbonyl (C=O) groups is 1. The molecule has 6 nitrogen and oxygen atoms in total. The van der Waals surface area contributed by atoms with Gasteiger partial charge < -0.3 is 15.4 Å². The number of rotatable bonds is 5. The predicted octanol–water partition coefficient (Wildman–Crippen LogP) is 4.59. The third-order valence-electron chi connectivity index (χ3n) is 5.22. The van der Waals surface area contributed by atoms with Crippen LogP contribution in [0.2, 0.25) is 0 Å². The molecule has 1 atom stereocenters. The number of cyclic esters (lactones) is 1. The smallest absolute Gasteiger partial charge is 0.414 e. The first kappa shape index (κ1) is 23.9. The lowest BCUT2D eigenvalue weighted by Crippen LogP contribution is -2.32. The normalized spacial score (nSPS) is 14.5. The molecule has 3 aromatic carbocycles. The van der Waals surface area contributed by atoms with E-state index in [9.17, 15) is 14.0 Å². The number of halogens is 1. The molecular formula is C27H22FN3O3S. The van der Waals surface area contributed by atoms with Gasteiger partial charge in [-0.1, -0.05) is 42.3 Å². The number of ether oxygens (including phenoxy) is 1. The molecule has 0 aromatic heterocycles. The van der Waals surface area contributed by atoms with Crippen LogP contribution in [0.1, 0.15) is 18.1 Å². The van der Waals surface area contributed by atoms with E-state index < -0.39 is 18.0 Å². The van der Waals surface area contributed by atoms with E-state index in [1.165, 1.54) is 23.1 Å². The van der Waals surface area contributed by atoms with E-state index in [1.807, 2.05) is 30.3 Å². The first-order valence-corrected chi connectivity index (χ1v) is 11.3. The van der Waals surface area contributed by atoms with Crippen molar-refractivity contribution in [1.82, 2.24) is 5.32 Å². The fourth-order valence-corrected chi connectivity index (χ4v) is 3.52. The van der Waals surface area contributed by atoms with Gasteiger partial charge in [-0.05, 0) is 61.5 Å². The standard InChI is InChI=1S/C27H22FN3O3S/c1-18(35)29-16-22-17-31(27(33)34-22)21-11-13-24(23(28)15-21)30-25-12-9-20(10-14-26(25)32)8-7-19-5-3-2-4-6-19/h2-6,9-15,22H,16-17H2,1H3,(H,29,35)(H,30,32). The number of nitrogens with one attached hydrogen (secondary N) is 2. The lowest BCUT2D eigenvalue weighted by atomic mass is 10.2. The lowest BCUT2D eigenvalue weighted by Gasteiger charge is -2.15. The van der Waals surface area contributed by atoms with Gasteiger partial charge in [0.1, 0.15) is 11.9 Å². The summed E-state index contributed by atoms with van der Waals surface area (Å²) in [6.07, 6.45) is -0.951. The summed E-state index contributed by atoms with van der Waals surface area (Å²) in [5.74, 6) is 5.45. The Morgan fingerprint density at radius 3 is 2.43 bits per heavy atom. The van der Waals surface area contributed by atoms with E-state index in [-0.39, 0.29) is 23.3 Å². The van der Waals surface area contributed by atoms with E-state index in [0.29, 0.717) is 22.8 Å². The SMILES string of the molecule is CC(=S)NCC1CN(c2ccc(Nc3ccc(C#Cc4ccccc4)ccc3=O)c(F)c2)C(=O)O1. The van der Waals surface area contributed by atoms with Gasteiger partial charge in [-0.2, -0.15) is 0 Å². The highest BCUT2D eigenvalue weighted by molar-refractivity contribution is 7.80. The number of anilines is 3. The Labute approximate surface area is 207 Å². The number of carbonyl (C=O) groups excluding carboxylic acids is 1. The summed E-state index contributed by atoms with van der Waals surface area (Å²) in [6.45, 7) is 2.39. The van der Waals surface area contributed by atoms with Crippen LogP contribution in [0.25, 0.3) is 0 Å². The number of thiocarbonyl (C=S) groups is 1. The topological polar surface area (TPSA) is 70.7 Å². The maximum Gasteiger partial charge on any atom is 0.414 e. The Morgan fingerprint density at radius 1 is 1.03 bits per heavy atom. The van der Waals surface area contributed by atoms with E-state index in [1.54, 1.807) is 31.2 Å². The van der Waals surface area contributed by atoms with Gasteiger partial charge in [0, 0.05) is 11.1 Å². The van der Waals surface area contributed by atoms with Crippen LogP contribution in [0.3, 0.4) is 0 Å². The van der Waals surface area contributed by atoms with Crippen molar-refractivity contribution in [3.63, 3.8) is 0 Å². The van der Waals surface area contributed by atoms with Crippen LogP contribution in [0.4, 0.5) is 26.2 Å². The molecule has 1 aliphatic heterocycles. The maximum absolute atomic E-state index is 14.9. The number of hydrogen-bond donors (Lipinski definition) is 2. The highest BCUT2D eigenvalue weighted by atomic mass is 32.1. The highest BCUT2D eigenvalue weighted by Gasteiger charge is 2.32. The van der Waals surface area contributed by atoms with Crippen LogP contribution in [-0.4, -0.2) is 30.3 Å². The Morgan fingerprint density at radius 2 is 1.71 bits per heavy atom. The minimum absolute atomic E-state index is 0.107. The summed E-state index contributed by atoms with van der Waals surface area (Å²) < 4.78 is 20.2. The second-order valence-electron chi connectivity index (χ2n) is 7.86. The van der Waals surface area contributed by atoms with Gasteiger partial charge >= 0.3 is 6.09 Å². The van der Waals surface area contributed by atoms with Crippen molar-refractivity contribution in [3.8, 4) is 11.8 Å². The Balaban J connectivity index is 1.48. The molecular weight excluding hydrogens is 465 g/mol. The van der Waals surface area contributed by atoms with Crippen molar-refractivity contribution in [1.29, 1.82) is 0 Å². The van der Waals surface area contributed by atoms with Crippen molar-refractivity contribution in [2.24, 2.45) is 0 Å². The monoisotopic (exact) mass is 487 g/mol. The minimum atomic E-state index is -0.610. The number of benzene rings is 2. The van der Waals surface area contributed by atoms with Crippen LogP contribution >= 0.6 is 12.2 Å². The minimum Gasteiger partial charge on any atom is -0.442 e. The average molecular weight is 488 g/mol. The molecule has 176 valence electrons. The number of nitrogens with zero attached hydrogens (tertiary/aromatic N) is 1. The van der Waals surface area contributed by atoms with Gasteiger partial charge in [0.25, 0.3) is 0 Å². The van der Waals surface area contributed by atoms with Crippen LogP contribution in [0.5, 0.6) is 0 Å². The zero-order valence-electron chi connectivity index (χ0n) is 18.9. The molecule has 0 saturated carbocycles. The average Bonchev–Trinajstić information content (AvgIpc) is 3.13. The van der Waals surface area contributed by atoms with Crippen molar-refractivity contribution < 1.29 is 13.9 Å². The molecule has 1 unspecified atom stereocenters. The summed E-state index contributed by atoms with van der Waals surface area (Å²) in [7, 11) is 0. The zero-order chi connectivity index (χ0) is 24.8. The maximum atomic E-state index is 14.9. The third-order valence-corrected chi connectivity index (χ3v) is 5.37. The Hall–Kier alpha value is -4.22. The summed E-state index contributed by atoms with van der Waals surface area (Å²) in [6, 6.07) is 20.1.